The van der Waals surface area contributed by atoms with Crippen molar-refractivity contribution in [2.45, 2.75) is 59.2 Å². The SMILES string of the molecule is C[C@@H]1CN(S(=O)(=O)C[C@]23CC[C@@H](CC2=O)C3(C)C)C[C@@H](C)O1. The fourth-order valence-electron chi connectivity index (χ4n) is 4.87. The molecule has 4 atom stereocenters. The van der Waals surface area contributed by atoms with E-state index in [0.29, 0.717) is 25.4 Å². The third-order valence-electron chi connectivity index (χ3n) is 6.35. The van der Waals surface area contributed by atoms with Crippen molar-refractivity contribution in [1.82, 2.24) is 4.31 Å². The normalized spacial score (nSPS) is 42.0. The van der Waals surface area contributed by atoms with Gasteiger partial charge in [-0.3, -0.25) is 4.79 Å². The number of hydrogen-bond donors (Lipinski definition) is 0. The highest BCUT2D eigenvalue weighted by Crippen LogP contribution is 2.64. The first-order valence-corrected chi connectivity index (χ1v) is 9.86. The first kappa shape index (κ1) is 16.4. The molecule has 0 amide bonds. The molecule has 1 saturated heterocycles. The van der Waals surface area contributed by atoms with Gasteiger partial charge in [0, 0.05) is 24.9 Å². The zero-order valence-corrected chi connectivity index (χ0v) is 14.8. The maximum Gasteiger partial charge on any atom is 0.215 e. The Kier molecular flexibility index (Phi) is 3.74. The lowest BCUT2D eigenvalue weighted by Gasteiger charge is -2.40. The first-order valence-electron chi connectivity index (χ1n) is 8.25. The van der Waals surface area contributed by atoms with Gasteiger partial charge in [0.05, 0.1) is 18.0 Å². The Bertz CT molecular complexity index is 575. The number of sulfonamides is 1. The van der Waals surface area contributed by atoms with Crippen LogP contribution in [0.25, 0.3) is 0 Å². The van der Waals surface area contributed by atoms with Crippen molar-refractivity contribution in [1.29, 1.82) is 0 Å². The molecular weight excluding hydrogens is 302 g/mol. The van der Waals surface area contributed by atoms with Gasteiger partial charge in [0.2, 0.25) is 10.0 Å². The van der Waals surface area contributed by atoms with Crippen LogP contribution in [0.3, 0.4) is 0 Å². The third-order valence-corrected chi connectivity index (χ3v) is 8.29. The van der Waals surface area contributed by atoms with Crippen LogP contribution >= 0.6 is 0 Å². The topological polar surface area (TPSA) is 63.7 Å². The van der Waals surface area contributed by atoms with E-state index in [4.69, 9.17) is 4.74 Å². The van der Waals surface area contributed by atoms with Crippen LogP contribution in [-0.4, -0.2) is 49.6 Å². The molecule has 3 fully saturated rings. The second-order valence-corrected chi connectivity index (χ2v) is 9.97. The summed E-state index contributed by atoms with van der Waals surface area (Å²) in [5.41, 5.74) is -0.887. The lowest BCUT2D eigenvalue weighted by Crippen LogP contribution is -2.52. The molecule has 22 heavy (non-hydrogen) atoms. The van der Waals surface area contributed by atoms with Crippen LogP contribution in [0.2, 0.25) is 0 Å². The molecule has 0 unspecified atom stereocenters. The number of carbonyl (C=O) groups is 1. The zero-order valence-electron chi connectivity index (χ0n) is 14.0. The van der Waals surface area contributed by atoms with Gasteiger partial charge in [0.15, 0.2) is 0 Å². The number of rotatable bonds is 3. The van der Waals surface area contributed by atoms with E-state index < -0.39 is 15.4 Å². The third kappa shape index (κ3) is 2.26. The fourth-order valence-corrected chi connectivity index (χ4v) is 7.23. The zero-order chi connectivity index (χ0) is 16.3. The van der Waals surface area contributed by atoms with Gasteiger partial charge < -0.3 is 4.74 Å². The fraction of sp³-hybridized carbons (Fsp3) is 0.938. The van der Waals surface area contributed by atoms with E-state index >= 15 is 0 Å². The maximum absolute atomic E-state index is 13.0. The average Bonchev–Trinajstić information content (AvgIpc) is 2.71. The van der Waals surface area contributed by atoms with E-state index in [0.717, 1.165) is 12.8 Å². The van der Waals surface area contributed by atoms with Crippen molar-refractivity contribution in [2.24, 2.45) is 16.7 Å². The molecule has 1 aliphatic heterocycles. The van der Waals surface area contributed by atoms with Crippen molar-refractivity contribution in [3.63, 3.8) is 0 Å². The molecule has 0 aromatic heterocycles. The summed E-state index contributed by atoms with van der Waals surface area (Å²) < 4.78 is 33.1. The van der Waals surface area contributed by atoms with Crippen molar-refractivity contribution in [3.05, 3.63) is 0 Å². The first-order chi connectivity index (χ1) is 10.1. The number of nitrogens with zero attached hydrogens (tertiary/aromatic N) is 1. The number of fused-ring (bicyclic) bond motifs is 2. The summed E-state index contributed by atoms with van der Waals surface area (Å²) in [6.07, 6.45) is 2.06. The number of morpholine rings is 1. The molecule has 5 nitrogen and oxygen atoms in total. The highest BCUT2D eigenvalue weighted by Gasteiger charge is 2.65. The predicted molar refractivity (Wildman–Crippen MR) is 83.9 cm³/mol. The van der Waals surface area contributed by atoms with Gasteiger partial charge in [-0.25, -0.2) is 8.42 Å². The Morgan fingerprint density at radius 3 is 2.27 bits per heavy atom. The lowest BCUT2D eigenvalue weighted by atomic mass is 9.70. The van der Waals surface area contributed by atoms with Crippen LogP contribution in [0.4, 0.5) is 0 Å². The van der Waals surface area contributed by atoms with E-state index in [-0.39, 0.29) is 29.2 Å². The highest BCUT2D eigenvalue weighted by molar-refractivity contribution is 7.89. The smallest absolute Gasteiger partial charge is 0.215 e. The summed E-state index contributed by atoms with van der Waals surface area (Å²) >= 11 is 0. The molecule has 3 rings (SSSR count). The largest absolute Gasteiger partial charge is 0.373 e. The van der Waals surface area contributed by atoms with Gasteiger partial charge in [0.25, 0.3) is 0 Å². The number of hydrogen-bond acceptors (Lipinski definition) is 4. The number of Topliss-reactive ketones (excluding diaryl/α,β-unsaturated/α-hetero) is 1. The molecule has 0 spiro atoms. The van der Waals surface area contributed by atoms with Gasteiger partial charge in [0.1, 0.15) is 5.78 Å². The van der Waals surface area contributed by atoms with Gasteiger partial charge in [-0.1, -0.05) is 13.8 Å². The molecule has 3 aliphatic rings. The molecule has 0 aromatic carbocycles. The molecule has 0 N–H and O–H groups in total. The molecule has 2 bridgehead atoms. The molecule has 0 radical (unpaired) electrons. The van der Waals surface area contributed by atoms with Gasteiger partial charge in [-0.2, -0.15) is 4.31 Å². The Labute approximate surface area is 133 Å². The van der Waals surface area contributed by atoms with Crippen molar-refractivity contribution < 1.29 is 17.9 Å². The predicted octanol–water partition coefficient (Wildman–Crippen LogP) is 1.82. The van der Waals surface area contributed by atoms with Crippen molar-refractivity contribution in [3.8, 4) is 0 Å². The second-order valence-electron chi connectivity index (χ2n) is 8.00. The van der Waals surface area contributed by atoms with Crippen molar-refractivity contribution >= 4 is 15.8 Å². The van der Waals surface area contributed by atoms with E-state index in [2.05, 4.69) is 13.8 Å². The number of ether oxygens (including phenoxy) is 1. The van der Waals surface area contributed by atoms with Crippen LogP contribution in [0.1, 0.15) is 47.0 Å². The standard InChI is InChI=1S/C16H27NO4S/c1-11-8-17(9-12(2)21-11)22(19,20)10-16-6-5-13(7-14(16)18)15(16,3)4/h11-13H,5-10H2,1-4H3/t11-,12-,13+,16-/m1/s1. The maximum atomic E-state index is 13.0. The van der Waals surface area contributed by atoms with Crippen LogP contribution in [0, 0.1) is 16.7 Å². The minimum Gasteiger partial charge on any atom is -0.373 e. The summed E-state index contributed by atoms with van der Waals surface area (Å²) in [6, 6.07) is 0. The Hall–Kier alpha value is -0.460. The van der Waals surface area contributed by atoms with Crippen LogP contribution in [0.5, 0.6) is 0 Å². The summed E-state index contributed by atoms with van der Waals surface area (Å²) in [5.74, 6) is 0.478. The van der Waals surface area contributed by atoms with E-state index in [1.165, 1.54) is 4.31 Å². The average molecular weight is 329 g/mol. The van der Waals surface area contributed by atoms with Gasteiger partial charge in [-0.05, 0) is 38.0 Å². The molecule has 1 heterocycles. The quantitative estimate of drug-likeness (QED) is 0.792. The summed E-state index contributed by atoms with van der Waals surface area (Å²) in [5, 5.41) is 0. The van der Waals surface area contributed by atoms with Crippen LogP contribution < -0.4 is 0 Å². The Morgan fingerprint density at radius 1 is 1.23 bits per heavy atom. The van der Waals surface area contributed by atoms with Gasteiger partial charge >= 0.3 is 0 Å². The molecule has 2 aliphatic carbocycles. The second kappa shape index (κ2) is 5.02. The van der Waals surface area contributed by atoms with E-state index in [1.807, 2.05) is 13.8 Å². The summed E-state index contributed by atoms with van der Waals surface area (Å²) in [7, 11) is -3.45. The van der Waals surface area contributed by atoms with Gasteiger partial charge in [-0.15, -0.1) is 0 Å². The highest BCUT2D eigenvalue weighted by atomic mass is 32.2. The molecule has 126 valence electrons. The van der Waals surface area contributed by atoms with E-state index in [9.17, 15) is 13.2 Å². The lowest BCUT2D eigenvalue weighted by molar-refractivity contribution is -0.128. The number of carbonyl (C=O) groups excluding carboxylic acids is 1. The molecule has 6 heteroatoms. The molecular formula is C16H27NO4S. The molecule has 0 aromatic rings. The van der Waals surface area contributed by atoms with E-state index in [1.54, 1.807) is 0 Å². The molecule has 2 saturated carbocycles. The minimum atomic E-state index is -3.45. The monoisotopic (exact) mass is 329 g/mol. The number of ketones is 1. The summed E-state index contributed by atoms with van der Waals surface area (Å²) in [6.45, 7) is 8.73. The minimum absolute atomic E-state index is 0.0260. The summed E-state index contributed by atoms with van der Waals surface area (Å²) in [4.78, 5) is 12.6. The Morgan fingerprint density at radius 2 is 1.82 bits per heavy atom. The van der Waals surface area contributed by atoms with Crippen LogP contribution in [-0.2, 0) is 19.6 Å². The Balaban J connectivity index is 1.87. The van der Waals surface area contributed by atoms with Crippen LogP contribution in [0.15, 0.2) is 0 Å². The van der Waals surface area contributed by atoms with Crippen molar-refractivity contribution in [2.75, 3.05) is 18.8 Å².